The first-order valence-electron chi connectivity index (χ1n) is 8.66. The molecule has 1 saturated heterocycles. The van der Waals surface area contributed by atoms with Crippen LogP contribution >= 0.6 is 0 Å². The van der Waals surface area contributed by atoms with E-state index in [2.05, 4.69) is 5.43 Å². The molecule has 27 heavy (non-hydrogen) atoms. The van der Waals surface area contributed by atoms with Crippen LogP contribution in [0, 0.1) is 11.6 Å². The van der Waals surface area contributed by atoms with Crippen molar-refractivity contribution in [2.75, 3.05) is 7.11 Å². The highest BCUT2D eigenvalue weighted by Crippen LogP contribution is 2.32. The van der Waals surface area contributed by atoms with Gasteiger partial charge in [-0.05, 0) is 41.8 Å². The van der Waals surface area contributed by atoms with Crippen molar-refractivity contribution in [1.29, 1.82) is 0 Å². The third kappa shape index (κ3) is 3.38. The van der Waals surface area contributed by atoms with E-state index >= 15 is 0 Å². The predicted molar refractivity (Wildman–Crippen MR) is 95.2 cm³/mol. The lowest BCUT2D eigenvalue weighted by atomic mass is 10.0. The minimum Gasteiger partial charge on any atom is -0.497 e. The highest BCUT2D eigenvalue weighted by atomic mass is 19.2. The maximum absolute atomic E-state index is 13.4. The summed E-state index contributed by atoms with van der Waals surface area (Å²) in [6.45, 7) is 0.195. The molecule has 140 valence electrons. The van der Waals surface area contributed by atoms with Crippen LogP contribution in [0.25, 0.3) is 0 Å². The maximum atomic E-state index is 13.4. The van der Waals surface area contributed by atoms with Crippen molar-refractivity contribution < 1.29 is 18.3 Å². The molecule has 7 heteroatoms. The van der Waals surface area contributed by atoms with Crippen LogP contribution in [-0.4, -0.2) is 29.0 Å². The number of hydrogen-bond donors (Lipinski definition) is 1. The van der Waals surface area contributed by atoms with Gasteiger partial charge in [0.05, 0.1) is 19.7 Å². The first-order chi connectivity index (χ1) is 13.0. The highest BCUT2D eigenvalue weighted by molar-refractivity contribution is 5.84. The number of carbonyl (C=O) groups excluding carboxylic acids is 1. The normalized spacial score (nSPS) is 21.5. The SMILES string of the molecule is COc1cccc(C2CC3C(=O)N(Cc4ccc(F)c(F)c4)C=CN3N2)c1. The summed E-state index contributed by atoms with van der Waals surface area (Å²) >= 11 is 0. The number of fused-ring (bicyclic) bond motifs is 1. The molecule has 0 aromatic heterocycles. The second kappa shape index (κ2) is 7.00. The zero-order chi connectivity index (χ0) is 19.0. The van der Waals surface area contributed by atoms with E-state index in [0.29, 0.717) is 12.0 Å². The number of nitrogens with one attached hydrogen (secondary N) is 1. The van der Waals surface area contributed by atoms with Gasteiger partial charge in [-0.15, -0.1) is 0 Å². The Morgan fingerprint density at radius 1 is 1.15 bits per heavy atom. The van der Waals surface area contributed by atoms with Crippen molar-refractivity contribution >= 4 is 5.91 Å². The molecule has 0 aliphatic carbocycles. The molecule has 1 N–H and O–H groups in total. The van der Waals surface area contributed by atoms with Gasteiger partial charge in [0, 0.05) is 12.4 Å². The molecule has 1 amide bonds. The summed E-state index contributed by atoms with van der Waals surface area (Å²) in [7, 11) is 1.62. The van der Waals surface area contributed by atoms with Crippen molar-refractivity contribution in [2.45, 2.75) is 25.0 Å². The Labute approximate surface area is 155 Å². The molecule has 1 fully saturated rings. The first-order valence-corrected chi connectivity index (χ1v) is 8.66. The molecule has 2 aromatic rings. The Balaban J connectivity index is 1.49. The van der Waals surface area contributed by atoms with Crippen LogP contribution in [-0.2, 0) is 11.3 Å². The Morgan fingerprint density at radius 3 is 2.78 bits per heavy atom. The molecule has 4 rings (SSSR count). The number of carbonyl (C=O) groups is 1. The third-order valence-corrected chi connectivity index (χ3v) is 4.91. The summed E-state index contributed by atoms with van der Waals surface area (Å²) in [6.07, 6.45) is 4.05. The van der Waals surface area contributed by atoms with Crippen LogP contribution in [0.3, 0.4) is 0 Å². The second-order valence-corrected chi connectivity index (χ2v) is 6.63. The van der Waals surface area contributed by atoms with Crippen molar-refractivity contribution in [2.24, 2.45) is 0 Å². The van der Waals surface area contributed by atoms with Gasteiger partial charge in [-0.3, -0.25) is 4.79 Å². The highest BCUT2D eigenvalue weighted by Gasteiger charge is 2.40. The fourth-order valence-corrected chi connectivity index (χ4v) is 3.48. The number of ether oxygens (including phenoxy) is 1. The number of amides is 1. The number of methoxy groups -OCH3 is 1. The van der Waals surface area contributed by atoms with Gasteiger partial charge in [0.15, 0.2) is 11.6 Å². The molecule has 0 saturated carbocycles. The first kappa shape index (κ1) is 17.5. The van der Waals surface area contributed by atoms with E-state index in [1.165, 1.54) is 11.0 Å². The molecule has 5 nitrogen and oxygen atoms in total. The summed E-state index contributed by atoms with van der Waals surface area (Å²) in [5.41, 5.74) is 4.90. The Bertz CT molecular complexity index is 903. The van der Waals surface area contributed by atoms with E-state index in [0.717, 1.165) is 23.4 Å². The lowest BCUT2D eigenvalue weighted by Gasteiger charge is -2.31. The topological polar surface area (TPSA) is 44.8 Å². The molecule has 2 atom stereocenters. The Hall–Kier alpha value is -2.93. The molecule has 0 bridgehead atoms. The zero-order valence-electron chi connectivity index (χ0n) is 14.7. The van der Waals surface area contributed by atoms with Gasteiger partial charge >= 0.3 is 0 Å². The van der Waals surface area contributed by atoms with Gasteiger partial charge < -0.3 is 14.6 Å². The van der Waals surface area contributed by atoms with Gasteiger partial charge in [-0.25, -0.2) is 14.2 Å². The average Bonchev–Trinajstić information content (AvgIpc) is 3.12. The van der Waals surface area contributed by atoms with E-state index in [1.54, 1.807) is 24.5 Å². The van der Waals surface area contributed by atoms with E-state index < -0.39 is 11.6 Å². The van der Waals surface area contributed by atoms with Gasteiger partial charge in [0.25, 0.3) is 5.91 Å². The number of hydrazine groups is 1. The monoisotopic (exact) mass is 371 g/mol. The van der Waals surface area contributed by atoms with Crippen molar-refractivity contribution in [3.05, 3.63) is 77.6 Å². The van der Waals surface area contributed by atoms with E-state index in [1.807, 2.05) is 24.3 Å². The molecular formula is C20H19F2N3O2. The molecule has 2 aromatic carbocycles. The smallest absolute Gasteiger partial charge is 0.251 e. The van der Waals surface area contributed by atoms with Crippen LogP contribution in [0.4, 0.5) is 8.78 Å². The summed E-state index contributed by atoms with van der Waals surface area (Å²) in [5.74, 6) is -1.13. The lowest BCUT2D eigenvalue weighted by molar-refractivity contribution is -0.134. The molecule has 2 unspecified atom stereocenters. The van der Waals surface area contributed by atoms with Crippen LogP contribution in [0.5, 0.6) is 5.75 Å². The molecule has 0 radical (unpaired) electrons. The van der Waals surface area contributed by atoms with Crippen molar-refractivity contribution in [1.82, 2.24) is 15.3 Å². The third-order valence-electron chi connectivity index (χ3n) is 4.91. The largest absolute Gasteiger partial charge is 0.497 e. The lowest BCUT2D eigenvalue weighted by Crippen LogP contribution is -2.47. The van der Waals surface area contributed by atoms with Crippen molar-refractivity contribution in [3.8, 4) is 5.75 Å². The average molecular weight is 371 g/mol. The molecule has 0 spiro atoms. The number of nitrogens with zero attached hydrogens (tertiary/aromatic N) is 2. The zero-order valence-corrected chi connectivity index (χ0v) is 14.7. The Kier molecular flexibility index (Phi) is 4.53. The maximum Gasteiger partial charge on any atom is 0.251 e. The van der Waals surface area contributed by atoms with E-state index in [9.17, 15) is 13.6 Å². The Morgan fingerprint density at radius 2 is 2.00 bits per heavy atom. The van der Waals surface area contributed by atoms with Crippen LogP contribution in [0.2, 0.25) is 0 Å². The van der Waals surface area contributed by atoms with Gasteiger partial charge in [0.2, 0.25) is 0 Å². The number of hydrogen-bond acceptors (Lipinski definition) is 4. The van der Waals surface area contributed by atoms with E-state index in [4.69, 9.17) is 4.74 Å². The molecule has 2 aliphatic rings. The molecule has 2 aliphatic heterocycles. The van der Waals surface area contributed by atoms with Gasteiger partial charge in [-0.2, -0.15) is 0 Å². The molecular weight excluding hydrogens is 352 g/mol. The summed E-state index contributed by atoms with van der Waals surface area (Å²) in [6, 6.07) is 11.0. The minimum atomic E-state index is -0.914. The van der Waals surface area contributed by atoms with Crippen LogP contribution in [0.15, 0.2) is 54.9 Å². The van der Waals surface area contributed by atoms with E-state index in [-0.39, 0.29) is 24.5 Å². The fraction of sp³-hybridized carbons (Fsp3) is 0.250. The number of benzene rings is 2. The number of halogens is 2. The van der Waals surface area contributed by atoms with Crippen molar-refractivity contribution in [3.63, 3.8) is 0 Å². The summed E-state index contributed by atoms with van der Waals surface area (Å²) < 4.78 is 31.8. The number of rotatable bonds is 4. The fourth-order valence-electron chi connectivity index (χ4n) is 3.48. The predicted octanol–water partition coefficient (Wildman–Crippen LogP) is 3.11. The molecule has 2 heterocycles. The van der Waals surface area contributed by atoms with Crippen LogP contribution < -0.4 is 10.2 Å². The minimum absolute atomic E-state index is 0.0121. The summed E-state index contributed by atoms with van der Waals surface area (Å²) in [4.78, 5) is 14.4. The van der Waals surface area contributed by atoms with Crippen LogP contribution in [0.1, 0.15) is 23.6 Å². The van der Waals surface area contributed by atoms with Gasteiger partial charge in [0.1, 0.15) is 11.8 Å². The quantitative estimate of drug-likeness (QED) is 0.897. The van der Waals surface area contributed by atoms with Gasteiger partial charge in [-0.1, -0.05) is 18.2 Å². The summed E-state index contributed by atoms with van der Waals surface area (Å²) in [5, 5.41) is 1.80. The second-order valence-electron chi connectivity index (χ2n) is 6.63. The standard InChI is InChI=1S/C20H19F2N3O2/c1-27-15-4-2-3-14(10-15)18-11-19-20(26)24(7-8-25(19)23-18)12-13-5-6-16(21)17(22)9-13/h2-10,18-19,23H,11-12H2,1H3.